The van der Waals surface area contributed by atoms with Gasteiger partial charge in [-0.05, 0) is 29.8 Å². The number of benzene rings is 2. The first-order chi connectivity index (χ1) is 9.99. The molecule has 0 radical (unpaired) electrons. The van der Waals surface area contributed by atoms with Crippen molar-refractivity contribution in [2.45, 2.75) is 0 Å². The van der Waals surface area contributed by atoms with Gasteiger partial charge in [0, 0.05) is 16.1 Å². The van der Waals surface area contributed by atoms with E-state index in [1.807, 2.05) is 6.07 Å². The van der Waals surface area contributed by atoms with Gasteiger partial charge in [0.2, 0.25) is 0 Å². The Morgan fingerprint density at radius 3 is 2.62 bits per heavy atom. The third-order valence-corrected chi connectivity index (χ3v) is 3.74. The van der Waals surface area contributed by atoms with Gasteiger partial charge in [-0.15, -0.1) is 0 Å². The Balaban J connectivity index is 2.26. The number of hydrogen-bond donors (Lipinski definition) is 0. The molecule has 0 heterocycles. The number of hydrogen-bond acceptors (Lipinski definition) is 3. The summed E-state index contributed by atoms with van der Waals surface area (Å²) in [5, 5.41) is 10.9. The minimum absolute atomic E-state index is 0.0641. The molecular weight excluding hydrogens is 358 g/mol. The van der Waals surface area contributed by atoms with Gasteiger partial charge in [0.15, 0.2) is 5.78 Å². The molecule has 0 saturated heterocycles. The van der Waals surface area contributed by atoms with Crippen molar-refractivity contribution in [1.29, 1.82) is 0 Å². The molecule has 0 N–H and O–H groups in total. The Hall–Kier alpha value is -1.98. The lowest BCUT2D eigenvalue weighted by molar-refractivity contribution is -0.384. The number of nitrogens with zero attached hydrogens (tertiary/aromatic N) is 1. The van der Waals surface area contributed by atoms with Crippen molar-refractivity contribution in [3.8, 4) is 0 Å². The molecule has 106 valence electrons. The Morgan fingerprint density at radius 2 is 1.95 bits per heavy atom. The van der Waals surface area contributed by atoms with Gasteiger partial charge in [0.25, 0.3) is 5.69 Å². The Morgan fingerprint density at radius 1 is 1.24 bits per heavy atom. The van der Waals surface area contributed by atoms with Crippen LogP contribution in [0.3, 0.4) is 0 Å². The molecule has 0 spiro atoms. The van der Waals surface area contributed by atoms with Gasteiger partial charge in [-0.3, -0.25) is 14.9 Å². The standard InChI is InChI=1S/C15H9BrClNO3/c16-12-4-2-1-3-11(12)15(19)8-6-10-5-7-13(17)14(9-10)18(20)21/h1-9H. The van der Waals surface area contributed by atoms with Crippen LogP contribution in [0, 0.1) is 10.1 Å². The highest BCUT2D eigenvalue weighted by Crippen LogP contribution is 2.25. The van der Waals surface area contributed by atoms with E-state index in [9.17, 15) is 14.9 Å². The molecule has 2 aromatic rings. The monoisotopic (exact) mass is 365 g/mol. The molecule has 0 bridgehead atoms. The second-order valence-corrected chi connectivity index (χ2v) is 5.41. The van der Waals surface area contributed by atoms with Crippen LogP contribution in [0.1, 0.15) is 15.9 Å². The number of halogens is 2. The van der Waals surface area contributed by atoms with Crippen molar-refractivity contribution in [2.24, 2.45) is 0 Å². The molecule has 21 heavy (non-hydrogen) atoms. The molecule has 6 heteroatoms. The second kappa shape index (κ2) is 6.65. The zero-order valence-electron chi connectivity index (χ0n) is 10.6. The Bertz CT molecular complexity index is 743. The average Bonchev–Trinajstić information content (AvgIpc) is 2.46. The van der Waals surface area contributed by atoms with Crippen molar-refractivity contribution in [3.05, 3.63) is 79.3 Å². The van der Waals surface area contributed by atoms with Crippen LogP contribution < -0.4 is 0 Å². The van der Waals surface area contributed by atoms with Crippen LogP contribution in [-0.2, 0) is 0 Å². The lowest BCUT2D eigenvalue weighted by Crippen LogP contribution is -1.95. The van der Waals surface area contributed by atoms with Crippen LogP contribution in [0.5, 0.6) is 0 Å². The SMILES string of the molecule is O=C(C=Cc1ccc(Cl)c([N+](=O)[O-])c1)c1ccccc1Br. The Labute approximate surface area is 134 Å². The first-order valence-electron chi connectivity index (χ1n) is 5.90. The molecule has 2 rings (SSSR count). The predicted molar refractivity (Wildman–Crippen MR) is 85.6 cm³/mol. The molecule has 0 fully saturated rings. The van der Waals surface area contributed by atoms with Gasteiger partial charge in [0.1, 0.15) is 5.02 Å². The van der Waals surface area contributed by atoms with Crippen molar-refractivity contribution in [1.82, 2.24) is 0 Å². The fraction of sp³-hybridized carbons (Fsp3) is 0. The van der Waals surface area contributed by atoms with Crippen LogP contribution >= 0.6 is 27.5 Å². The van der Waals surface area contributed by atoms with E-state index in [2.05, 4.69) is 15.9 Å². The number of nitro groups is 1. The predicted octanol–water partition coefficient (Wildman–Crippen LogP) is 4.91. The molecule has 4 nitrogen and oxygen atoms in total. The third kappa shape index (κ3) is 3.77. The molecule has 0 aliphatic rings. The van der Waals surface area contributed by atoms with Gasteiger partial charge in [-0.1, -0.05) is 51.8 Å². The van der Waals surface area contributed by atoms with Crippen LogP contribution in [0.25, 0.3) is 6.08 Å². The van der Waals surface area contributed by atoms with E-state index in [0.29, 0.717) is 15.6 Å². The number of carbonyl (C=O) groups excluding carboxylic acids is 1. The minimum Gasteiger partial charge on any atom is -0.289 e. The summed E-state index contributed by atoms with van der Waals surface area (Å²) in [6.45, 7) is 0. The largest absolute Gasteiger partial charge is 0.289 e. The number of carbonyl (C=O) groups is 1. The maximum atomic E-state index is 12.0. The summed E-state index contributed by atoms with van der Waals surface area (Å²) in [6, 6.07) is 11.4. The third-order valence-electron chi connectivity index (χ3n) is 2.73. The fourth-order valence-electron chi connectivity index (χ4n) is 1.70. The molecule has 2 aromatic carbocycles. The molecule has 0 unspecified atom stereocenters. The summed E-state index contributed by atoms with van der Waals surface area (Å²) in [5.74, 6) is -0.194. The second-order valence-electron chi connectivity index (χ2n) is 4.15. The summed E-state index contributed by atoms with van der Waals surface area (Å²) in [5.41, 5.74) is 0.871. The molecular formula is C15H9BrClNO3. The van der Waals surface area contributed by atoms with E-state index in [1.165, 1.54) is 24.3 Å². The van der Waals surface area contributed by atoms with Gasteiger partial charge in [-0.2, -0.15) is 0 Å². The summed E-state index contributed by atoms with van der Waals surface area (Å²) < 4.78 is 0.696. The minimum atomic E-state index is -0.560. The van der Waals surface area contributed by atoms with Gasteiger partial charge >= 0.3 is 0 Å². The molecule has 0 aromatic heterocycles. The van der Waals surface area contributed by atoms with E-state index in [4.69, 9.17) is 11.6 Å². The highest BCUT2D eigenvalue weighted by Gasteiger charge is 2.12. The summed E-state index contributed by atoms with van der Waals surface area (Å²) >= 11 is 9.03. The van der Waals surface area contributed by atoms with Gasteiger partial charge < -0.3 is 0 Å². The number of ketones is 1. The van der Waals surface area contributed by atoms with Crippen LogP contribution in [0.2, 0.25) is 5.02 Å². The number of rotatable bonds is 4. The summed E-state index contributed by atoms with van der Waals surface area (Å²) in [4.78, 5) is 22.3. The maximum absolute atomic E-state index is 12.0. The first kappa shape index (κ1) is 15.4. The van der Waals surface area contributed by atoms with Crippen LogP contribution in [0.15, 0.2) is 53.0 Å². The van der Waals surface area contributed by atoms with Gasteiger partial charge in [-0.25, -0.2) is 0 Å². The van der Waals surface area contributed by atoms with E-state index in [0.717, 1.165) is 0 Å². The maximum Gasteiger partial charge on any atom is 0.288 e. The normalized spacial score (nSPS) is 10.8. The van der Waals surface area contributed by atoms with Crippen LogP contribution in [0.4, 0.5) is 5.69 Å². The molecule has 0 amide bonds. The topological polar surface area (TPSA) is 60.2 Å². The quantitative estimate of drug-likeness (QED) is 0.334. The highest BCUT2D eigenvalue weighted by molar-refractivity contribution is 9.10. The molecule has 0 aliphatic heterocycles. The van der Waals surface area contributed by atoms with E-state index in [1.54, 1.807) is 24.3 Å². The van der Waals surface area contributed by atoms with Crippen molar-refractivity contribution >= 4 is 45.1 Å². The van der Waals surface area contributed by atoms with Crippen molar-refractivity contribution in [2.75, 3.05) is 0 Å². The lowest BCUT2D eigenvalue weighted by Gasteiger charge is -1.99. The summed E-state index contributed by atoms with van der Waals surface area (Å²) in [6.07, 6.45) is 2.89. The van der Waals surface area contributed by atoms with E-state index < -0.39 is 4.92 Å². The molecule has 0 aliphatic carbocycles. The summed E-state index contributed by atoms with van der Waals surface area (Å²) in [7, 11) is 0. The smallest absolute Gasteiger partial charge is 0.288 e. The average molecular weight is 367 g/mol. The van der Waals surface area contributed by atoms with E-state index in [-0.39, 0.29) is 16.5 Å². The van der Waals surface area contributed by atoms with Crippen molar-refractivity contribution in [3.63, 3.8) is 0 Å². The van der Waals surface area contributed by atoms with E-state index >= 15 is 0 Å². The lowest BCUT2D eigenvalue weighted by atomic mass is 10.1. The zero-order chi connectivity index (χ0) is 15.4. The Kier molecular flexibility index (Phi) is 4.88. The fourth-order valence-corrected chi connectivity index (χ4v) is 2.36. The number of allylic oxidation sites excluding steroid dienone is 1. The van der Waals surface area contributed by atoms with Gasteiger partial charge in [0.05, 0.1) is 4.92 Å². The first-order valence-corrected chi connectivity index (χ1v) is 7.07. The van der Waals surface area contributed by atoms with Crippen LogP contribution in [-0.4, -0.2) is 10.7 Å². The molecule has 0 atom stereocenters. The highest BCUT2D eigenvalue weighted by atomic mass is 79.9. The van der Waals surface area contributed by atoms with Crippen molar-refractivity contribution < 1.29 is 9.72 Å². The zero-order valence-corrected chi connectivity index (χ0v) is 13.0. The molecule has 0 saturated carbocycles. The number of nitro benzene ring substituents is 1.